The maximum absolute atomic E-state index is 11.3. The van der Waals surface area contributed by atoms with E-state index in [9.17, 15) is 9.90 Å². The number of carboxylic acid groups (broad SMARTS) is 1. The number of likely N-dealkylation sites (tertiary alicyclic amines) is 1. The molecule has 39 heavy (non-hydrogen) atoms. The Morgan fingerprint density at radius 2 is 1.90 bits per heavy atom. The van der Waals surface area contributed by atoms with E-state index in [-0.39, 0.29) is 12.1 Å². The summed E-state index contributed by atoms with van der Waals surface area (Å²) >= 11 is 0. The summed E-state index contributed by atoms with van der Waals surface area (Å²) in [5.41, 5.74) is 23.4. The lowest BCUT2D eigenvalue weighted by atomic mass is 10.0. The maximum Gasteiger partial charge on any atom is 0.407 e. The molecule has 2 fully saturated rings. The van der Waals surface area contributed by atoms with Crippen LogP contribution in [-0.2, 0) is 11.3 Å². The second-order valence-corrected chi connectivity index (χ2v) is 10.2. The summed E-state index contributed by atoms with van der Waals surface area (Å²) in [6.07, 6.45) is 3.81. The Hall–Kier alpha value is -4.09. The summed E-state index contributed by atoms with van der Waals surface area (Å²) in [7, 11) is 0. The first-order chi connectivity index (χ1) is 18.8. The van der Waals surface area contributed by atoms with Gasteiger partial charge in [0.1, 0.15) is 12.3 Å². The van der Waals surface area contributed by atoms with E-state index in [2.05, 4.69) is 16.4 Å². The molecule has 206 valence electrons. The fourth-order valence-corrected chi connectivity index (χ4v) is 4.86. The lowest BCUT2D eigenvalue weighted by molar-refractivity contribution is 0.0842. The summed E-state index contributed by atoms with van der Waals surface area (Å²) in [5, 5.41) is 19.5. The molecule has 8 N–H and O–H groups in total. The third-order valence-corrected chi connectivity index (χ3v) is 7.22. The normalized spacial score (nSPS) is 20.7. The molecule has 0 aromatic heterocycles. The van der Waals surface area contributed by atoms with Gasteiger partial charge in [0.15, 0.2) is 5.96 Å². The zero-order chi connectivity index (χ0) is 27.5. The van der Waals surface area contributed by atoms with E-state index in [1.807, 2.05) is 49.4 Å². The minimum Gasteiger partial charge on any atom is -0.473 e. The van der Waals surface area contributed by atoms with Crippen LogP contribution in [0.2, 0.25) is 0 Å². The van der Waals surface area contributed by atoms with Gasteiger partial charge in [0.05, 0.1) is 16.9 Å². The van der Waals surface area contributed by atoms with Gasteiger partial charge in [-0.3, -0.25) is 0 Å². The van der Waals surface area contributed by atoms with Crippen LogP contribution >= 0.6 is 0 Å². The van der Waals surface area contributed by atoms with Crippen LogP contribution < -0.4 is 27.5 Å². The molecule has 1 aliphatic carbocycles. The van der Waals surface area contributed by atoms with E-state index < -0.39 is 12.3 Å². The van der Waals surface area contributed by atoms with Gasteiger partial charge in [-0.1, -0.05) is 30.3 Å². The lowest BCUT2D eigenvalue weighted by Crippen LogP contribution is -2.41. The maximum atomic E-state index is 11.3. The van der Waals surface area contributed by atoms with E-state index in [0.29, 0.717) is 50.1 Å². The largest absolute Gasteiger partial charge is 0.473 e. The summed E-state index contributed by atoms with van der Waals surface area (Å²) in [6.45, 7) is 3.45. The van der Waals surface area contributed by atoms with Crippen LogP contribution in [0.4, 0.5) is 16.2 Å². The van der Waals surface area contributed by atoms with Gasteiger partial charge < -0.3 is 37.3 Å². The van der Waals surface area contributed by atoms with Crippen LogP contribution in [0, 0.1) is 6.92 Å². The van der Waals surface area contributed by atoms with Crippen molar-refractivity contribution in [2.45, 2.75) is 57.5 Å². The number of hydrogen-bond acceptors (Lipinski definition) is 7. The number of nitrogens with zero attached hydrogens (tertiary/aromatic N) is 4. The number of nitrogens with two attached hydrogens (primary N) is 3. The molecule has 2 aliphatic heterocycles. The van der Waals surface area contributed by atoms with Gasteiger partial charge in [0.25, 0.3) is 0 Å². The standard InChI is InChI=1S/C28H36N8O3/c1-17-23(33-27(30)31)14-19(16-32-20-7-8-20)15-24(17)36-25(29)22(13-18-5-3-2-4-6-18)26(34-36)39-21-9-11-35(12-10-21)28(37)38/h2-6,13-15,20-21,25,32H,7-12,16,29H2,1H3,(H,37,38)(H4,30,31,33). The molecule has 2 aromatic rings. The van der Waals surface area contributed by atoms with Crippen molar-refractivity contribution in [1.29, 1.82) is 0 Å². The van der Waals surface area contributed by atoms with E-state index >= 15 is 0 Å². The van der Waals surface area contributed by atoms with Crippen LogP contribution in [0.25, 0.3) is 6.08 Å². The Balaban J connectivity index is 1.49. The second-order valence-electron chi connectivity index (χ2n) is 10.2. The minimum absolute atomic E-state index is 0.0213. The summed E-state index contributed by atoms with van der Waals surface area (Å²) in [4.78, 5) is 17.1. The fraction of sp³-hybridized carbons (Fsp3) is 0.393. The number of benzene rings is 2. The molecular weight excluding hydrogens is 496 g/mol. The molecule has 3 aliphatic rings. The van der Waals surface area contributed by atoms with Crippen LogP contribution in [0.1, 0.15) is 42.4 Å². The minimum atomic E-state index is -0.910. The molecule has 1 atom stereocenters. The number of hydrazone groups is 1. The molecule has 2 aromatic carbocycles. The molecule has 5 rings (SSSR count). The first kappa shape index (κ1) is 26.5. The number of aliphatic imine (C=N–C) groups is 1. The van der Waals surface area contributed by atoms with E-state index in [0.717, 1.165) is 28.0 Å². The third-order valence-electron chi connectivity index (χ3n) is 7.22. The van der Waals surface area contributed by atoms with Crippen LogP contribution in [-0.4, -0.2) is 59.4 Å². The van der Waals surface area contributed by atoms with Gasteiger partial charge in [0, 0.05) is 44.1 Å². The van der Waals surface area contributed by atoms with Crippen molar-refractivity contribution in [3.63, 3.8) is 0 Å². The molecular formula is C28H36N8O3. The lowest BCUT2D eigenvalue weighted by Gasteiger charge is -2.30. The van der Waals surface area contributed by atoms with Crippen LogP contribution in [0.15, 0.2) is 58.1 Å². The molecule has 0 bridgehead atoms. The monoisotopic (exact) mass is 532 g/mol. The number of amides is 1. The Morgan fingerprint density at radius 3 is 2.54 bits per heavy atom. The van der Waals surface area contributed by atoms with Crippen LogP contribution in [0.3, 0.4) is 0 Å². The van der Waals surface area contributed by atoms with Gasteiger partial charge >= 0.3 is 6.09 Å². The first-order valence-electron chi connectivity index (χ1n) is 13.3. The Kier molecular flexibility index (Phi) is 7.71. The Labute approximate surface area is 228 Å². The molecule has 1 saturated carbocycles. The molecule has 0 radical (unpaired) electrons. The van der Waals surface area contributed by atoms with Crippen molar-refractivity contribution in [2.75, 3.05) is 18.1 Å². The molecule has 1 unspecified atom stereocenters. The number of anilines is 1. The summed E-state index contributed by atoms with van der Waals surface area (Å²) < 4.78 is 6.40. The zero-order valence-electron chi connectivity index (χ0n) is 22.1. The van der Waals surface area contributed by atoms with Gasteiger partial charge in [-0.05, 0) is 49.1 Å². The third kappa shape index (κ3) is 6.32. The van der Waals surface area contributed by atoms with Crippen molar-refractivity contribution in [1.82, 2.24) is 10.2 Å². The quantitative estimate of drug-likeness (QED) is 0.268. The van der Waals surface area contributed by atoms with E-state index in [4.69, 9.17) is 27.0 Å². The van der Waals surface area contributed by atoms with E-state index in [1.54, 1.807) is 5.01 Å². The molecule has 11 nitrogen and oxygen atoms in total. The molecule has 0 spiro atoms. The molecule has 11 heteroatoms. The molecule has 1 saturated heterocycles. The van der Waals surface area contributed by atoms with Crippen molar-refractivity contribution >= 4 is 35.4 Å². The van der Waals surface area contributed by atoms with E-state index in [1.165, 1.54) is 17.7 Å². The molecule has 2 heterocycles. The highest BCUT2D eigenvalue weighted by atomic mass is 16.5. The topological polar surface area (TPSA) is 168 Å². The number of guanidine groups is 1. The van der Waals surface area contributed by atoms with Gasteiger partial charge in [0.2, 0.25) is 5.90 Å². The summed E-state index contributed by atoms with van der Waals surface area (Å²) in [6, 6.07) is 14.5. The number of piperidine rings is 1. The average molecular weight is 533 g/mol. The highest BCUT2D eigenvalue weighted by molar-refractivity contribution is 6.03. The van der Waals surface area contributed by atoms with Gasteiger partial charge in [-0.2, -0.15) is 0 Å². The smallest absolute Gasteiger partial charge is 0.407 e. The Bertz CT molecular complexity index is 1290. The van der Waals surface area contributed by atoms with Crippen molar-refractivity contribution in [3.8, 4) is 0 Å². The van der Waals surface area contributed by atoms with Gasteiger partial charge in [-0.25, -0.2) is 14.8 Å². The summed E-state index contributed by atoms with van der Waals surface area (Å²) in [5.74, 6) is 0.413. The highest BCUT2D eigenvalue weighted by Gasteiger charge is 2.35. The van der Waals surface area contributed by atoms with Crippen molar-refractivity contribution < 1.29 is 14.6 Å². The van der Waals surface area contributed by atoms with Crippen molar-refractivity contribution in [2.24, 2.45) is 27.3 Å². The first-order valence-corrected chi connectivity index (χ1v) is 13.3. The van der Waals surface area contributed by atoms with Gasteiger partial charge in [-0.15, -0.1) is 5.10 Å². The number of nitrogens with one attached hydrogen (secondary N) is 1. The average Bonchev–Trinajstić information content (AvgIpc) is 3.70. The zero-order valence-corrected chi connectivity index (χ0v) is 22.1. The predicted molar refractivity (Wildman–Crippen MR) is 153 cm³/mol. The number of hydrogen-bond donors (Lipinski definition) is 5. The fourth-order valence-electron chi connectivity index (χ4n) is 4.86. The van der Waals surface area contributed by atoms with Crippen LogP contribution in [0.5, 0.6) is 0 Å². The SMILES string of the molecule is Cc1c(N=C(N)N)cc(CNC2CC2)cc1N1N=C(OC2CCN(C(=O)O)CC2)C(=Cc2ccccc2)C1N. The number of carbonyl (C=O) groups is 1. The molecule has 1 amide bonds. The van der Waals surface area contributed by atoms with Crippen molar-refractivity contribution in [3.05, 3.63) is 64.7 Å². The number of ether oxygens (including phenoxy) is 1. The predicted octanol–water partition coefficient (Wildman–Crippen LogP) is 2.81. The highest BCUT2D eigenvalue weighted by Crippen LogP contribution is 2.36. The second kappa shape index (κ2) is 11.3. The number of rotatable bonds is 7. The Morgan fingerprint density at radius 1 is 1.18 bits per heavy atom.